The average Bonchev–Trinajstić information content (AvgIpc) is 2.35. The largest absolute Gasteiger partial charge is 0.351 e. The summed E-state index contributed by atoms with van der Waals surface area (Å²) in [6.45, 7) is 2.57. The van der Waals surface area contributed by atoms with E-state index in [0.29, 0.717) is 11.6 Å². The van der Waals surface area contributed by atoms with Crippen LogP contribution in [0.5, 0.6) is 0 Å². The SMILES string of the molecule is CC(c1ccc(Cl)cc1)N(C)CCC(=O)NC(N)=O. The molecule has 1 atom stereocenters. The Morgan fingerprint density at radius 2 is 1.95 bits per heavy atom. The first-order chi connectivity index (χ1) is 8.90. The van der Waals surface area contributed by atoms with E-state index < -0.39 is 6.03 Å². The highest BCUT2D eigenvalue weighted by Crippen LogP contribution is 2.20. The van der Waals surface area contributed by atoms with Gasteiger partial charge in [0.15, 0.2) is 0 Å². The fourth-order valence-electron chi connectivity index (χ4n) is 1.67. The summed E-state index contributed by atoms with van der Waals surface area (Å²) in [4.78, 5) is 23.8. The number of primary amides is 1. The standard InChI is InChI=1S/C13H18ClN3O2/c1-9(10-3-5-11(14)6-4-10)17(2)8-7-12(18)16-13(15)19/h3-6,9H,7-8H2,1-2H3,(H3,15,16,18,19). The minimum absolute atomic E-state index is 0.152. The summed E-state index contributed by atoms with van der Waals surface area (Å²) >= 11 is 5.84. The minimum Gasteiger partial charge on any atom is -0.351 e. The Hall–Kier alpha value is -1.59. The predicted octanol–water partition coefficient (Wildman–Crippen LogP) is 1.92. The van der Waals surface area contributed by atoms with Crippen LogP contribution in [0.1, 0.15) is 24.9 Å². The summed E-state index contributed by atoms with van der Waals surface area (Å²) in [6, 6.07) is 6.90. The molecule has 0 aliphatic carbocycles. The van der Waals surface area contributed by atoms with E-state index in [9.17, 15) is 9.59 Å². The van der Waals surface area contributed by atoms with E-state index in [1.165, 1.54) is 0 Å². The molecule has 1 aromatic carbocycles. The van der Waals surface area contributed by atoms with Crippen molar-refractivity contribution in [2.45, 2.75) is 19.4 Å². The molecule has 1 aromatic rings. The van der Waals surface area contributed by atoms with Crippen LogP contribution in [0.4, 0.5) is 4.79 Å². The molecule has 19 heavy (non-hydrogen) atoms. The van der Waals surface area contributed by atoms with Gasteiger partial charge in [-0.15, -0.1) is 0 Å². The third kappa shape index (κ3) is 5.28. The molecule has 0 bridgehead atoms. The van der Waals surface area contributed by atoms with Crippen LogP contribution in [0.25, 0.3) is 0 Å². The van der Waals surface area contributed by atoms with Crippen molar-refractivity contribution in [1.29, 1.82) is 0 Å². The smallest absolute Gasteiger partial charge is 0.318 e. The first-order valence-corrected chi connectivity index (χ1v) is 6.33. The number of imide groups is 1. The Kier molecular flexibility index (Phi) is 5.79. The molecule has 3 amide bonds. The van der Waals surface area contributed by atoms with Gasteiger partial charge in [0.05, 0.1) is 0 Å². The third-order valence-corrected chi connectivity index (χ3v) is 3.22. The van der Waals surface area contributed by atoms with Gasteiger partial charge in [0.1, 0.15) is 0 Å². The minimum atomic E-state index is -0.821. The zero-order valence-corrected chi connectivity index (χ0v) is 11.8. The van der Waals surface area contributed by atoms with Gasteiger partial charge in [-0.2, -0.15) is 0 Å². The monoisotopic (exact) mass is 283 g/mol. The molecule has 0 saturated carbocycles. The van der Waals surface area contributed by atoms with Crippen LogP contribution in [-0.2, 0) is 4.79 Å². The molecule has 6 heteroatoms. The molecule has 104 valence electrons. The number of nitrogens with two attached hydrogens (primary N) is 1. The first kappa shape index (κ1) is 15.5. The van der Waals surface area contributed by atoms with E-state index in [1.807, 2.05) is 48.5 Å². The summed E-state index contributed by atoms with van der Waals surface area (Å²) in [5.41, 5.74) is 5.98. The summed E-state index contributed by atoms with van der Waals surface area (Å²) < 4.78 is 0. The number of nitrogens with one attached hydrogen (secondary N) is 1. The molecule has 0 fully saturated rings. The van der Waals surface area contributed by atoms with E-state index in [4.69, 9.17) is 17.3 Å². The van der Waals surface area contributed by atoms with Crippen LogP contribution in [0.15, 0.2) is 24.3 Å². The second kappa shape index (κ2) is 7.11. The first-order valence-electron chi connectivity index (χ1n) is 5.95. The molecular formula is C13H18ClN3O2. The Balaban J connectivity index is 2.48. The number of halogens is 1. The molecule has 1 rings (SSSR count). The normalized spacial score (nSPS) is 12.2. The van der Waals surface area contributed by atoms with Gasteiger partial charge >= 0.3 is 6.03 Å². The van der Waals surface area contributed by atoms with Crippen molar-refractivity contribution >= 4 is 23.5 Å². The third-order valence-electron chi connectivity index (χ3n) is 2.97. The Bertz CT molecular complexity index is 448. The fourth-order valence-corrected chi connectivity index (χ4v) is 1.79. The van der Waals surface area contributed by atoms with Gasteiger partial charge in [0, 0.05) is 24.0 Å². The van der Waals surface area contributed by atoms with Crippen LogP contribution in [0.3, 0.4) is 0 Å². The van der Waals surface area contributed by atoms with E-state index in [2.05, 4.69) is 0 Å². The Labute approximate surface area is 117 Å². The Morgan fingerprint density at radius 3 is 2.47 bits per heavy atom. The zero-order chi connectivity index (χ0) is 14.4. The summed E-state index contributed by atoms with van der Waals surface area (Å²) in [5.74, 6) is -0.373. The van der Waals surface area contributed by atoms with Crippen LogP contribution < -0.4 is 11.1 Å². The molecule has 3 N–H and O–H groups in total. The quantitative estimate of drug-likeness (QED) is 0.867. The van der Waals surface area contributed by atoms with Gasteiger partial charge in [0.2, 0.25) is 5.91 Å². The molecule has 0 radical (unpaired) electrons. The van der Waals surface area contributed by atoms with Crippen molar-refractivity contribution in [3.63, 3.8) is 0 Å². The second-order valence-corrected chi connectivity index (χ2v) is 4.81. The van der Waals surface area contributed by atoms with Crippen molar-refractivity contribution < 1.29 is 9.59 Å². The van der Waals surface area contributed by atoms with Gasteiger partial charge in [-0.05, 0) is 31.7 Å². The number of rotatable bonds is 5. The van der Waals surface area contributed by atoms with E-state index in [1.54, 1.807) is 0 Å². The molecule has 0 aromatic heterocycles. The number of hydrogen-bond donors (Lipinski definition) is 2. The Morgan fingerprint density at radius 1 is 1.37 bits per heavy atom. The van der Waals surface area contributed by atoms with Crippen LogP contribution in [0.2, 0.25) is 5.02 Å². The van der Waals surface area contributed by atoms with Crippen LogP contribution >= 0.6 is 11.6 Å². The fraction of sp³-hybridized carbons (Fsp3) is 0.385. The summed E-state index contributed by atoms with van der Waals surface area (Å²) in [5, 5.41) is 2.73. The van der Waals surface area contributed by atoms with Crippen molar-refractivity contribution in [3.8, 4) is 0 Å². The number of carbonyl (C=O) groups excluding carboxylic acids is 2. The maximum Gasteiger partial charge on any atom is 0.318 e. The predicted molar refractivity (Wildman–Crippen MR) is 74.8 cm³/mol. The van der Waals surface area contributed by atoms with Crippen molar-refractivity contribution in [2.24, 2.45) is 5.73 Å². The topological polar surface area (TPSA) is 75.4 Å². The van der Waals surface area contributed by atoms with Crippen molar-refractivity contribution in [1.82, 2.24) is 10.2 Å². The molecule has 0 aliphatic rings. The summed E-state index contributed by atoms with van der Waals surface area (Å²) in [7, 11) is 1.91. The number of hydrogen-bond acceptors (Lipinski definition) is 3. The lowest BCUT2D eigenvalue weighted by atomic mass is 10.1. The van der Waals surface area contributed by atoms with Gasteiger partial charge < -0.3 is 5.73 Å². The number of amides is 3. The van der Waals surface area contributed by atoms with Crippen LogP contribution in [0, 0.1) is 0 Å². The molecule has 0 aliphatic heterocycles. The second-order valence-electron chi connectivity index (χ2n) is 4.37. The molecule has 1 unspecified atom stereocenters. The lowest BCUT2D eigenvalue weighted by molar-refractivity contribution is -0.120. The zero-order valence-electron chi connectivity index (χ0n) is 11.0. The van der Waals surface area contributed by atoms with Crippen molar-refractivity contribution in [3.05, 3.63) is 34.9 Å². The van der Waals surface area contributed by atoms with Gasteiger partial charge in [-0.3, -0.25) is 15.0 Å². The molecule has 5 nitrogen and oxygen atoms in total. The maximum absolute atomic E-state index is 11.3. The highest BCUT2D eigenvalue weighted by Gasteiger charge is 2.13. The average molecular weight is 284 g/mol. The number of nitrogens with zero attached hydrogens (tertiary/aromatic N) is 1. The molecule has 0 spiro atoms. The van der Waals surface area contributed by atoms with E-state index in [-0.39, 0.29) is 18.4 Å². The highest BCUT2D eigenvalue weighted by atomic mass is 35.5. The maximum atomic E-state index is 11.3. The number of urea groups is 1. The molecule has 0 heterocycles. The number of benzene rings is 1. The van der Waals surface area contributed by atoms with Gasteiger partial charge in [-0.1, -0.05) is 23.7 Å². The van der Waals surface area contributed by atoms with E-state index in [0.717, 1.165) is 5.56 Å². The molecule has 0 saturated heterocycles. The van der Waals surface area contributed by atoms with Gasteiger partial charge in [-0.25, -0.2) is 4.79 Å². The number of carbonyl (C=O) groups is 2. The lowest BCUT2D eigenvalue weighted by Gasteiger charge is -2.24. The lowest BCUT2D eigenvalue weighted by Crippen LogP contribution is -2.37. The summed E-state index contributed by atoms with van der Waals surface area (Å²) in [6.07, 6.45) is 0.220. The highest BCUT2D eigenvalue weighted by molar-refractivity contribution is 6.30. The van der Waals surface area contributed by atoms with Crippen LogP contribution in [-0.4, -0.2) is 30.4 Å². The van der Waals surface area contributed by atoms with Gasteiger partial charge in [0.25, 0.3) is 0 Å². The molecular weight excluding hydrogens is 266 g/mol. The van der Waals surface area contributed by atoms with E-state index >= 15 is 0 Å². The van der Waals surface area contributed by atoms with Crippen molar-refractivity contribution in [2.75, 3.05) is 13.6 Å².